The standard InChI is InChI=1S/C5H5FN2O.ClH/c6-3-1-4(7)5(9)8-2-3;/h1-2,4H,7H2;1H. The van der Waals surface area contributed by atoms with E-state index in [0.717, 1.165) is 12.3 Å². The third-order valence-electron chi connectivity index (χ3n) is 0.939. The van der Waals surface area contributed by atoms with E-state index in [1.54, 1.807) is 0 Å². The number of halogens is 2. The number of hydrogen-bond donors (Lipinski definition) is 1. The second kappa shape index (κ2) is 3.43. The highest BCUT2D eigenvalue weighted by Gasteiger charge is 2.13. The first-order chi connectivity index (χ1) is 4.20. The number of nitrogens with two attached hydrogens (primary N) is 1. The van der Waals surface area contributed by atoms with E-state index in [0.29, 0.717) is 0 Å². The lowest BCUT2D eigenvalue weighted by Gasteiger charge is -2.03. The van der Waals surface area contributed by atoms with Gasteiger partial charge < -0.3 is 5.73 Å². The van der Waals surface area contributed by atoms with Crippen LogP contribution in [0.25, 0.3) is 0 Å². The summed E-state index contributed by atoms with van der Waals surface area (Å²) in [5.74, 6) is -1.06. The fourth-order valence-corrected chi connectivity index (χ4v) is 0.497. The summed E-state index contributed by atoms with van der Waals surface area (Å²) in [7, 11) is 0. The lowest BCUT2D eigenvalue weighted by Crippen LogP contribution is -2.29. The van der Waals surface area contributed by atoms with Crippen molar-refractivity contribution in [3.05, 3.63) is 11.9 Å². The molecule has 1 rings (SSSR count). The number of aliphatic imine (C=N–C) groups is 1. The number of rotatable bonds is 0. The van der Waals surface area contributed by atoms with Gasteiger partial charge >= 0.3 is 0 Å². The Bertz CT molecular complexity index is 202. The molecule has 0 aromatic rings. The zero-order valence-electron chi connectivity index (χ0n) is 4.95. The summed E-state index contributed by atoms with van der Waals surface area (Å²) in [6, 6.07) is -0.894. The molecule has 0 spiro atoms. The molecule has 0 aromatic carbocycles. The first-order valence-electron chi connectivity index (χ1n) is 2.41. The SMILES string of the molecule is Cl.NC1C=C(F)C=NC1=O. The van der Waals surface area contributed by atoms with Crippen molar-refractivity contribution in [3.8, 4) is 0 Å². The molecule has 1 amide bonds. The van der Waals surface area contributed by atoms with E-state index in [1.165, 1.54) is 0 Å². The highest BCUT2D eigenvalue weighted by atomic mass is 35.5. The molecular weight excluding hydrogens is 159 g/mol. The van der Waals surface area contributed by atoms with Gasteiger partial charge in [0.2, 0.25) is 0 Å². The maximum Gasteiger partial charge on any atom is 0.266 e. The minimum Gasteiger partial charge on any atom is -0.317 e. The third-order valence-corrected chi connectivity index (χ3v) is 0.939. The van der Waals surface area contributed by atoms with E-state index in [2.05, 4.69) is 4.99 Å². The number of allylic oxidation sites excluding steroid dienone is 1. The van der Waals surface area contributed by atoms with Crippen LogP contribution in [-0.2, 0) is 4.79 Å². The van der Waals surface area contributed by atoms with Gasteiger partial charge in [-0.2, -0.15) is 0 Å². The predicted molar refractivity (Wildman–Crippen MR) is 37.9 cm³/mol. The number of nitrogens with zero attached hydrogens (tertiary/aromatic N) is 1. The molecule has 1 aliphatic heterocycles. The molecule has 0 saturated carbocycles. The Balaban J connectivity index is 0.000000810. The van der Waals surface area contributed by atoms with Gasteiger partial charge in [-0.15, -0.1) is 12.4 Å². The van der Waals surface area contributed by atoms with E-state index in [1.807, 2.05) is 0 Å². The molecule has 0 saturated heterocycles. The fraction of sp³-hybridized carbons (Fsp3) is 0.200. The number of amides is 1. The lowest BCUT2D eigenvalue weighted by atomic mass is 10.2. The van der Waals surface area contributed by atoms with Gasteiger partial charge in [0, 0.05) is 0 Å². The summed E-state index contributed by atoms with van der Waals surface area (Å²) in [5, 5.41) is 0. The normalized spacial score (nSPS) is 23.6. The average Bonchev–Trinajstić information content (AvgIpc) is 1.80. The molecule has 0 radical (unpaired) electrons. The van der Waals surface area contributed by atoms with Gasteiger partial charge in [-0.1, -0.05) is 0 Å². The summed E-state index contributed by atoms with van der Waals surface area (Å²) in [6.45, 7) is 0. The number of dihydropyridines is 1. The summed E-state index contributed by atoms with van der Waals surface area (Å²) in [6.07, 6.45) is 1.88. The van der Waals surface area contributed by atoms with Crippen LogP contribution in [-0.4, -0.2) is 18.2 Å². The summed E-state index contributed by atoms with van der Waals surface area (Å²) in [4.78, 5) is 13.6. The zero-order valence-corrected chi connectivity index (χ0v) is 5.77. The van der Waals surface area contributed by atoms with Crippen molar-refractivity contribution in [2.45, 2.75) is 6.04 Å². The number of hydrogen-bond acceptors (Lipinski definition) is 2. The minimum absolute atomic E-state index is 0. The third kappa shape index (κ3) is 1.89. The highest BCUT2D eigenvalue weighted by molar-refractivity contribution is 5.97. The molecule has 0 fully saturated rings. The fourth-order valence-electron chi connectivity index (χ4n) is 0.497. The second-order valence-electron chi connectivity index (χ2n) is 1.67. The van der Waals surface area contributed by atoms with Crippen LogP contribution in [0.1, 0.15) is 0 Å². The number of carbonyl (C=O) groups is 1. The largest absolute Gasteiger partial charge is 0.317 e. The Morgan fingerprint density at radius 3 is 2.70 bits per heavy atom. The Kier molecular flexibility index (Phi) is 3.18. The maximum atomic E-state index is 12.1. The Hall–Kier alpha value is -0.740. The first-order valence-corrected chi connectivity index (χ1v) is 2.41. The van der Waals surface area contributed by atoms with Crippen LogP contribution < -0.4 is 5.73 Å². The molecule has 1 heterocycles. The van der Waals surface area contributed by atoms with Crippen LogP contribution in [0.4, 0.5) is 4.39 Å². The summed E-state index contributed by atoms with van der Waals surface area (Å²) >= 11 is 0. The van der Waals surface area contributed by atoms with E-state index in [-0.39, 0.29) is 12.4 Å². The molecule has 3 nitrogen and oxygen atoms in total. The van der Waals surface area contributed by atoms with Gasteiger partial charge in [0.25, 0.3) is 5.91 Å². The van der Waals surface area contributed by atoms with Crippen LogP contribution in [0.2, 0.25) is 0 Å². The van der Waals surface area contributed by atoms with Crippen molar-refractivity contribution in [1.82, 2.24) is 0 Å². The number of carbonyl (C=O) groups excluding carboxylic acids is 1. The molecule has 2 N–H and O–H groups in total. The van der Waals surface area contributed by atoms with Gasteiger partial charge in [0.1, 0.15) is 11.9 Å². The molecule has 10 heavy (non-hydrogen) atoms. The van der Waals surface area contributed by atoms with Gasteiger partial charge in [-0.3, -0.25) is 4.79 Å². The Morgan fingerprint density at radius 2 is 2.30 bits per heavy atom. The van der Waals surface area contributed by atoms with Gasteiger partial charge in [0.15, 0.2) is 0 Å². The Morgan fingerprint density at radius 1 is 1.70 bits per heavy atom. The molecule has 1 unspecified atom stereocenters. The molecule has 1 aliphatic rings. The average molecular weight is 165 g/mol. The highest BCUT2D eigenvalue weighted by Crippen LogP contribution is 2.01. The maximum absolute atomic E-state index is 12.1. The van der Waals surface area contributed by atoms with Crippen molar-refractivity contribution < 1.29 is 9.18 Å². The second-order valence-corrected chi connectivity index (χ2v) is 1.67. The van der Waals surface area contributed by atoms with E-state index >= 15 is 0 Å². The van der Waals surface area contributed by atoms with E-state index < -0.39 is 17.8 Å². The summed E-state index contributed by atoms with van der Waals surface area (Å²) in [5.41, 5.74) is 5.09. The Labute approximate surface area is 63.2 Å². The van der Waals surface area contributed by atoms with Crippen LogP contribution in [0.3, 0.4) is 0 Å². The smallest absolute Gasteiger partial charge is 0.266 e. The monoisotopic (exact) mass is 164 g/mol. The van der Waals surface area contributed by atoms with Gasteiger partial charge in [-0.05, 0) is 6.08 Å². The topological polar surface area (TPSA) is 55.4 Å². The molecule has 5 heteroatoms. The van der Waals surface area contributed by atoms with Gasteiger partial charge in [0.05, 0.1) is 6.21 Å². The van der Waals surface area contributed by atoms with Crippen molar-refractivity contribution >= 4 is 24.5 Å². The predicted octanol–water partition coefficient (Wildman–Crippen LogP) is 0.200. The van der Waals surface area contributed by atoms with E-state index in [4.69, 9.17) is 5.73 Å². The molecule has 56 valence electrons. The zero-order chi connectivity index (χ0) is 6.85. The molecule has 0 aliphatic carbocycles. The minimum atomic E-state index is -0.894. The molecule has 0 bridgehead atoms. The summed E-state index contributed by atoms with van der Waals surface area (Å²) < 4.78 is 12.1. The van der Waals surface area contributed by atoms with E-state index in [9.17, 15) is 9.18 Å². The van der Waals surface area contributed by atoms with Crippen molar-refractivity contribution in [1.29, 1.82) is 0 Å². The van der Waals surface area contributed by atoms with Crippen molar-refractivity contribution in [2.24, 2.45) is 10.7 Å². The lowest BCUT2D eigenvalue weighted by molar-refractivity contribution is -0.118. The molecular formula is C5H6ClFN2O. The quantitative estimate of drug-likeness (QED) is 0.556. The molecule has 1 atom stereocenters. The van der Waals surface area contributed by atoms with Crippen LogP contribution in [0.15, 0.2) is 16.9 Å². The van der Waals surface area contributed by atoms with Crippen LogP contribution in [0.5, 0.6) is 0 Å². The van der Waals surface area contributed by atoms with Gasteiger partial charge in [-0.25, -0.2) is 9.38 Å². The first kappa shape index (κ1) is 9.26. The van der Waals surface area contributed by atoms with Crippen LogP contribution >= 0.6 is 12.4 Å². The van der Waals surface area contributed by atoms with Crippen molar-refractivity contribution in [3.63, 3.8) is 0 Å². The van der Waals surface area contributed by atoms with Crippen molar-refractivity contribution in [2.75, 3.05) is 0 Å². The molecule has 0 aromatic heterocycles. The van der Waals surface area contributed by atoms with Crippen LogP contribution in [0, 0.1) is 0 Å².